The molecule has 0 spiro atoms. The summed E-state index contributed by atoms with van der Waals surface area (Å²) in [6, 6.07) is 16.3. The molecular weight excluding hydrogens is 363 g/mol. The van der Waals surface area contributed by atoms with Gasteiger partial charge in [0.25, 0.3) is 0 Å². The van der Waals surface area contributed by atoms with E-state index in [0.717, 1.165) is 17.5 Å². The van der Waals surface area contributed by atoms with Gasteiger partial charge in [0.2, 0.25) is 0 Å². The maximum Gasteiger partial charge on any atom is 0.417 e. The van der Waals surface area contributed by atoms with Crippen LogP contribution < -0.4 is 0 Å². The highest BCUT2D eigenvalue weighted by atomic mass is 19.4. The minimum atomic E-state index is -4.74. The Balaban J connectivity index is 1.74. The molecule has 0 saturated carbocycles. The van der Waals surface area contributed by atoms with E-state index >= 15 is 0 Å². The fourth-order valence-corrected chi connectivity index (χ4v) is 4.59. The summed E-state index contributed by atoms with van der Waals surface area (Å²) in [4.78, 5) is 4.22. The number of aryl methyl sites for hydroxylation is 1. The van der Waals surface area contributed by atoms with Crippen molar-refractivity contribution in [1.29, 1.82) is 0 Å². The minimum Gasteiger partial charge on any atom is -0.380 e. The number of alkyl halides is 3. The van der Waals surface area contributed by atoms with Crippen LogP contribution in [0, 0.1) is 0 Å². The molecule has 1 aromatic heterocycles. The normalized spacial score (nSPS) is 21.5. The highest BCUT2D eigenvalue weighted by Crippen LogP contribution is 2.48. The van der Waals surface area contributed by atoms with E-state index in [9.17, 15) is 18.3 Å². The van der Waals surface area contributed by atoms with Gasteiger partial charge in [-0.1, -0.05) is 49.4 Å². The van der Waals surface area contributed by atoms with Gasteiger partial charge in [-0.15, -0.1) is 0 Å². The highest BCUT2D eigenvalue weighted by Gasteiger charge is 2.57. The maximum atomic E-state index is 14.1. The number of nitrogens with zero attached hydrogens (tertiary/aromatic N) is 1. The molecule has 1 aliphatic carbocycles. The quantitative estimate of drug-likeness (QED) is 0.655. The molecule has 146 valence electrons. The summed E-state index contributed by atoms with van der Waals surface area (Å²) in [6.07, 6.45) is -2.76. The Hall–Kier alpha value is -2.40. The van der Waals surface area contributed by atoms with Crippen molar-refractivity contribution in [1.82, 2.24) is 4.98 Å². The second-order valence-electron chi connectivity index (χ2n) is 8.09. The zero-order valence-corrected chi connectivity index (χ0v) is 15.6. The standard InChI is InChI=1S/C23H22F3NO/c1-21(12-10-16-6-2-4-8-19(16)21)15-22(28,23(24,25)26)14-17-11-13-27-20-9-5-3-7-18(17)20/h2-9,11,13,28H,10,12,14-15H2,1H3. The van der Waals surface area contributed by atoms with Crippen molar-refractivity contribution >= 4 is 10.9 Å². The lowest BCUT2D eigenvalue weighted by Crippen LogP contribution is -2.51. The first-order chi connectivity index (χ1) is 13.2. The average molecular weight is 385 g/mol. The third kappa shape index (κ3) is 3.18. The molecule has 2 aromatic carbocycles. The van der Waals surface area contributed by atoms with Gasteiger partial charge in [-0.05, 0) is 53.5 Å². The summed E-state index contributed by atoms with van der Waals surface area (Å²) in [5.41, 5.74) is -0.462. The summed E-state index contributed by atoms with van der Waals surface area (Å²) < 4.78 is 42.4. The van der Waals surface area contributed by atoms with Crippen LogP contribution in [0.15, 0.2) is 60.8 Å². The zero-order chi connectivity index (χ0) is 20.0. The summed E-state index contributed by atoms with van der Waals surface area (Å²) >= 11 is 0. The second kappa shape index (κ2) is 6.59. The van der Waals surface area contributed by atoms with Crippen molar-refractivity contribution in [2.24, 2.45) is 0 Å². The molecule has 1 N–H and O–H groups in total. The Kier molecular flexibility index (Phi) is 4.46. The Morgan fingerprint density at radius 1 is 1.04 bits per heavy atom. The number of hydrogen-bond donors (Lipinski definition) is 1. The molecule has 2 unspecified atom stereocenters. The number of rotatable bonds is 4. The molecule has 0 radical (unpaired) electrons. The van der Waals surface area contributed by atoms with E-state index in [1.807, 2.05) is 31.2 Å². The summed E-state index contributed by atoms with van der Waals surface area (Å²) in [6.45, 7) is 1.83. The predicted molar refractivity (Wildman–Crippen MR) is 103 cm³/mol. The topological polar surface area (TPSA) is 33.1 Å². The molecule has 1 aliphatic rings. The van der Waals surface area contributed by atoms with Crippen LogP contribution >= 0.6 is 0 Å². The van der Waals surface area contributed by atoms with E-state index in [2.05, 4.69) is 4.98 Å². The summed E-state index contributed by atoms with van der Waals surface area (Å²) in [7, 11) is 0. The lowest BCUT2D eigenvalue weighted by molar-refractivity contribution is -0.266. The number of aliphatic hydroxyl groups is 1. The molecule has 3 aromatic rings. The molecule has 0 fully saturated rings. The number of fused-ring (bicyclic) bond motifs is 2. The maximum absolute atomic E-state index is 14.1. The monoisotopic (exact) mass is 385 g/mol. The van der Waals surface area contributed by atoms with E-state index in [0.29, 0.717) is 22.9 Å². The van der Waals surface area contributed by atoms with Crippen molar-refractivity contribution in [3.63, 3.8) is 0 Å². The SMILES string of the molecule is CC1(CC(O)(Cc2ccnc3ccccc23)C(F)(F)F)CCc2ccccc21. The third-order valence-corrected chi connectivity index (χ3v) is 6.05. The molecule has 2 atom stereocenters. The van der Waals surface area contributed by atoms with Crippen molar-refractivity contribution in [2.45, 2.75) is 49.8 Å². The molecule has 0 aliphatic heterocycles. The van der Waals surface area contributed by atoms with Gasteiger partial charge in [0, 0.05) is 18.0 Å². The summed E-state index contributed by atoms with van der Waals surface area (Å²) in [5, 5.41) is 11.6. The van der Waals surface area contributed by atoms with Crippen molar-refractivity contribution in [3.05, 3.63) is 77.5 Å². The van der Waals surface area contributed by atoms with E-state index in [4.69, 9.17) is 0 Å². The third-order valence-electron chi connectivity index (χ3n) is 6.05. The number of pyridine rings is 1. The Morgan fingerprint density at radius 3 is 2.54 bits per heavy atom. The van der Waals surface area contributed by atoms with Crippen molar-refractivity contribution < 1.29 is 18.3 Å². The molecule has 0 saturated heterocycles. The van der Waals surface area contributed by atoms with E-state index < -0.39 is 23.6 Å². The molecule has 2 nitrogen and oxygen atoms in total. The fraction of sp³-hybridized carbons (Fsp3) is 0.348. The first kappa shape index (κ1) is 18.9. The number of benzene rings is 2. The first-order valence-corrected chi connectivity index (χ1v) is 9.42. The van der Waals surface area contributed by atoms with Gasteiger partial charge >= 0.3 is 6.18 Å². The molecule has 4 rings (SSSR count). The molecular formula is C23H22F3NO. The van der Waals surface area contributed by atoms with Crippen LogP contribution in [0.3, 0.4) is 0 Å². The van der Waals surface area contributed by atoms with Gasteiger partial charge in [-0.25, -0.2) is 0 Å². The van der Waals surface area contributed by atoms with Crippen LogP contribution in [-0.2, 0) is 18.3 Å². The second-order valence-corrected chi connectivity index (χ2v) is 8.09. The molecule has 28 heavy (non-hydrogen) atoms. The van der Waals surface area contributed by atoms with Gasteiger partial charge in [0.05, 0.1) is 5.52 Å². The van der Waals surface area contributed by atoms with Crippen LogP contribution in [0.5, 0.6) is 0 Å². The van der Waals surface area contributed by atoms with Gasteiger partial charge in [0.1, 0.15) is 0 Å². The zero-order valence-electron chi connectivity index (χ0n) is 15.6. The minimum absolute atomic E-state index is 0.364. The molecule has 0 amide bonds. The van der Waals surface area contributed by atoms with E-state index in [-0.39, 0.29) is 6.42 Å². The van der Waals surface area contributed by atoms with Gasteiger partial charge in [-0.3, -0.25) is 4.98 Å². The number of halogens is 3. The Morgan fingerprint density at radius 2 is 1.75 bits per heavy atom. The van der Waals surface area contributed by atoms with Crippen LogP contribution in [0.25, 0.3) is 10.9 Å². The Bertz CT molecular complexity index is 1010. The van der Waals surface area contributed by atoms with Crippen LogP contribution in [0.1, 0.15) is 36.5 Å². The Labute approximate surface area is 162 Å². The fourth-order valence-electron chi connectivity index (χ4n) is 4.59. The van der Waals surface area contributed by atoms with Crippen molar-refractivity contribution in [3.8, 4) is 0 Å². The lowest BCUT2D eigenvalue weighted by atomic mass is 9.72. The predicted octanol–water partition coefficient (Wildman–Crippen LogP) is 5.36. The number of para-hydroxylation sites is 1. The van der Waals surface area contributed by atoms with Gasteiger partial charge in [-0.2, -0.15) is 13.2 Å². The molecule has 5 heteroatoms. The smallest absolute Gasteiger partial charge is 0.380 e. The van der Waals surface area contributed by atoms with Crippen LogP contribution in [0.4, 0.5) is 13.2 Å². The largest absolute Gasteiger partial charge is 0.417 e. The first-order valence-electron chi connectivity index (χ1n) is 9.42. The number of aromatic nitrogens is 1. The lowest BCUT2D eigenvalue weighted by Gasteiger charge is -2.38. The highest BCUT2D eigenvalue weighted by molar-refractivity contribution is 5.81. The van der Waals surface area contributed by atoms with Crippen LogP contribution in [0.2, 0.25) is 0 Å². The molecule has 0 bridgehead atoms. The summed E-state index contributed by atoms with van der Waals surface area (Å²) in [5.74, 6) is 0. The number of hydrogen-bond acceptors (Lipinski definition) is 2. The van der Waals surface area contributed by atoms with E-state index in [1.54, 1.807) is 30.3 Å². The van der Waals surface area contributed by atoms with Crippen molar-refractivity contribution in [2.75, 3.05) is 0 Å². The molecule has 1 heterocycles. The van der Waals surface area contributed by atoms with Gasteiger partial charge < -0.3 is 5.11 Å². The van der Waals surface area contributed by atoms with Crippen LogP contribution in [-0.4, -0.2) is 21.9 Å². The van der Waals surface area contributed by atoms with Gasteiger partial charge in [0.15, 0.2) is 5.60 Å². The average Bonchev–Trinajstić information content (AvgIpc) is 2.98. The van der Waals surface area contributed by atoms with E-state index in [1.165, 1.54) is 6.20 Å².